The van der Waals surface area contributed by atoms with Crippen LogP contribution in [-0.2, 0) is 11.3 Å². The fourth-order valence-corrected chi connectivity index (χ4v) is 2.42. The minimum absolute atomic E-state index is 0.603. The summed E-state index contributed by atoms with van der Waals surface area (Å²) < 4.78 is 0. The van der Waals surface area contributed by atoms with E-state index >= 15 is 0 Å². The molecule has 0 aliphatic carbocycles. The maximum atomic E-state index is 11.6. The first-order valence-electron chi connectivity index (χ1n) is 6.62. The van der Waals surface area contributed by atoms with E-state index in [1.165, 1.54) is 0 Å². The van der Waals surface area contributed by atoms with Crippen molar-refractivity contribution in [2.24, 2.45) is 0 Å². The molecule has 0 aliphatic rings. The van der Waals surface area contributed by atoms with Crippen LogP contribution in [0, 0.1) is 6.92 Å². The highest BCUT2D eigenvalue weighted by atomic mass is 16.4. The number of hydrogen-bond donors (Lipinski definition) is 1. The molecule has 0 aliphatic heterocycles. The second-order valence-corrected chi connectivity index (χ2v) is 5.00. The van der Waals surface area contributed by atoms with E-state index in [9.17, 15) is 9.90 Å². The number of hydrogen-bond acceptors (Lipinski definition) is 2. The van der Waals surface area contributed by atoms with Crippen LogP contribution in [0.4, 0.5) is 0 Å². The molecule has 2 aromatic rings. The molecule has 20 heavy (non-hydrogen) atoms. The molecule has 3 nitrogen and oxygen atoms in total. The lowest BCUT2D eigenvalue weighted by molar-refractivity contribution is -0.143. The lowest BCUT2D eigenvalue weighted by Crippen LogP contribution is -2.31. The number of nitrogens with zero attached hydrogens (tertiary/aromatic N) is 1. The van der Waals surface area contributed by atoms with E-state index in [2.05, 4.69) is 0 Å². The first kappa shape index (κ1) is 14.3. The zero-order valence-electron chi connectivity index (χ0n) is 11.8. The van der Waals surface area contributed by atoms with E-state index in [1.54, 1.807) is 0 Å². The molecule has 0 radical (unpaired) electrons. The quantitative estimate of drug-likeness (QED) is 0.905. The van der Waals surface area contributed by atoms with Gasteiger partial charge in [0.05, 0.1) is 0 Å². The van der Waals surface area contributed by atoms with Gasteiger partial charge in [0.15, 0.2) is 0 Å². The predicted molar refractivity (Wildman–Crippen MR) is 79.5 cm³/mol. The molecule has 0 fully saturated rings. The van der Waals surface area contributed by atoms with Gasteiger partial charge in [-0.15, -0.1) is 0 Å². The van der Waals surface area contributed by atoms with Gasteiger partial charge in [-0.2, -0.15) is 0 Å². The molecule has 0 amide bonds. The van der Waals surface area contributed by atoms with Crippen molar-refractivity contribution in [2.75, 3.05) is 7.05 Å². The number of carboxylic acid groups (broad SMARTS) is 1. The van der Waals surface area contributed by atoms with E-state index in [1.807, 2.05) is 73.5 Å². The summed E-state index contributed by atoms with van der Waals surface area (Å²) in [5.41, 5.74) is 2.95. The molecule has 104 valence electrons. The Labute approximate surface area is 119 Å². The second kappa shape index (κ2) is 6.35. The number of benzene rings is 2. The minimum Gasteiger partial charge on any atom is -0.480 e. The molecule has 3 heteroatoms. The van der Waals surface area contributed by atoms with Crippen molar-refractivity contribution >= 4 is 5.97 Å². The second-order valence-electron chi connectivity index (χ2n) is 5.00. The molecule has 0 saturated carbocycles. The first-order chi connectivity index (χ1) is 9.59. The number of rotatable bonds is 5. The number of carboxylic acids is 1. The Kier molecular flexibility index (Phi) is 4.53. The first-order valence-corrected chi connectivity index (χ1v) is 6.62. The van der Waals surface area contributed by atoms with Crippen LogP contribution < -0.4 is 0 Å². The fraction of sp³-hybridized carbons (Fsp3) is 0.235. The molecule has 2 aromatic carbocycles. The summed E-state index contributed by atoms with van der Waals surface area (Å²) in [5.74, 6) is -0.822. The molecular weight excluding hydrogens is 250 g/mol. The molecule has 2 rings (SSSR count). The fourth-order valence-electron chi connectivity index (χ4n) is 2.42. The summed E-state index contributed by atoms with van der Waals surface area (Å²) in [6.07, 6.45) is 0. The third kappa shape index (κ3) is 3.25. The number of aryl methyl sites for hydroxylation is 1. The van der Waals surface area contributed by atoms with Crippen molar-refractivity contribution in [3.63, 3.8) is 0 Å². The average Bonchev–Trinajstić information content (AvgIpc) is 2.42. The Morgan fingerprint density at radius 2 is 1.70 bits per heavy atom. The van der Waals surface area contributed by atoms with Gasteiger partial charge in [-0.25, -0.2) is 0 Å². The summed E-state index contributed by atoms with van der Waals surface area (Å²) in [7, 11) is 1.85. The normalized spacial score (nSPS) is 12.3. The topological polar surface area (TPSA) is 40.5 Å². The van der Waals surface area contributed by atoms with Crippen molar-refractivity contribution in [1.82, 2.24) is 4.90 Å². The van der Waals surface area contributed by atoms with Gasteiger partial charge in [0.25, 0.3) is 0 Å². The predicted octanol–water partition coefficient (Wildman–Crippen LogP) is 3.25. The summed E-state index contributed by atoms with van der Waals surface area (Å²) in [4.78, 5) is 13.5. The van der Waals surface area contributed by atoms with Crippen molar-refractivity contribution in [1.29, 1.82) is 0 Å². The van der Waals surface area contributed by atoms with Gasteiger partial charge in [0.2, 0.25) is 0 Å². The monoisotopic (exact) mass is 269 g/mol. The van der Waals surface area contributed by atoms with Crippen molar-refractivity contribution in [3.8, 4) is 0 Å². The van der Waals surface area contributed by atoms with Crippen LogP contribution in [0.2, 0.25) is 0 Å². The van der Waals surface area contributed by atoms with E-state index in [-0.39, 0.29) is 0 Å². The number of carbonyl (C=O) groups is 1. The standard InChI is InChI=1S/C17H19NO2/c1-13-8-6-7-11-15(13)16(17(19)20)18(2)12-14-9-4-3-5-10-14/h3-11,16H,12H2,1-2H3,(H,19,20). The Morgan fingerprint density at radius 1 is 1.10 bits per heavy atom. The van der Waals surface area contributed by atoms with Crippen molar-refractivity contribution in [3.05, 3.63) is 71.3 Å². The van der Waals surface area contributed by atoms with Gasteiger partial charge in [0, 0.05) is 6.54 Å². The van der Waals surface area contributed by atoms with Crippen LogP contribution in [0.25, 0.3) is 0 Å². The third-order valence-electron chi connectivity index (χ3n) is 3.43. The van der Waals surface area contributed by atoms with E-state index in [4.69, 9.17) is 0 Å². The SMILES string of the molecule is Cc1ccccc1C(C(=O)O)N(C)Cc1ccccc1. The Hall–Kier alpha value is -2.13. The maximum Gasteiger partial charge on any atom is 0.325 e. The van der Waals surface area contributed by atoms with Crippen molar-refractivity contribution < 1.29 is 9.90 Å². The molecule has 1 unspecified atom stereocenters. The molecule has 1 atom stereocenters. The van der Waals surface area contributed by atoms with Gasteiger partial charge < -0.3 is 5.11 Å². The molecular formula is C17H19NO2. The van der Waals surface area contributed by atoms with Crippen LogP contribution in [0.3, 0.4) is 0 Å². The van der Waals surface area contributed by atoms with E-state index in [0.717, 1.165) is 16.7 Å². The molecule has 1 N–H and O–H groups in total. The van der Waals surface area contributed by atoms with Crippen molar-refractivity contribution in [2.45, 2.75) is 19.5 Å². The van der Waals surface area contributed by atoms with Gasteiger partial charge in [-0.3, -0.25) is 9.69 Å². The highest BCUT2D eigenvalue weighted by Crippen LogP contribution is 2.24. The van der Waals surface area contributed by atoms with Crippen LogP contribution in [0.5, 0.6) is 0 Å². The third-order valence-corrected chi connectivity index (χ3v) is 3.43. The summed E-state index contributed by atoms with van der Waals surface area (Å²) >= 11 is 0. The van der Waals surface area contributed by atoms with E-state index in [0.29, 0.717) is 6.54 Å². The Balaban J connectivity index is 2.25. The van der Waals surface area contributed by atoms with Crippen LogP contribution >= 0.6 is 0 Å². The van der Waals surface area contributed by atoms with Gasteiger partial charge in [-0.05, 0) is 30.7 Å². The van der Waals surface area contributed by atoms with Gasteiger partial charge in [0.1, 0.15) is 6.04 Å². The van der Waals surface area contributed by atoms with Gasteiger partial charge in [-0.1, -0.05) is 54.6 Å². The summed E-state index contributed by atoms with van der Waals surface area (Å²) in [6, 6.07) is 16.9. The lowest BCUT2D eigenvalue weighted by atomic mass is 10.00. The number of likely N-dealkylation sites (N-methyl/N-ethyl adjacent to an activating group) is 1. The highest BCUT2D eigenvalue weighted by molar-refractivity contribution is 5.76. The molecule has 0 saturated heterocycles. The smallest absolute Gasteiger partial charge is 0.325 e. The average molecular weight is 269 g/mol. The molecule has 0 aromatic heterocycles. The van der Waals surface area contributed by atoms with Crippen LogP contribution in [-0.4, -0.2) is 23.0 Å². The van der Waals surface area contributed by atoms with E-state index < -0.39 is 12.0 Å². The van der Waals surface area contributed by atoms with Crippen LogP contribution in [0.15, 0.2) is 54.6 Å². The number of aliphatic carboxylic acids is 1. The molecule has 0 bridgehead atoms. The highest BCUT2D eigenvalue weighted by Gasteiger charge is 2.25. The Morgan fingerprint density at radius 3 is 2.30 bits per heavy atom. The Bertz CT molecular complexity index is 581. The summed E-state index contributed by atoms with van der Waals surface area (Å²) in [6.45, 7) is 2.55. The largest absolute Gasteiger partial charge is 0.480 e. The lowest BCUT2D eigenvalue weighted by Gasteiger charge is -2.26. The zero-order chi connectivity index (χ0) is 14.5. The zero-order valence-corrected chi connectivity index (χ0v) is 11.8. The molecule has 0 spiro atoms. The minimum atomic E-state index is -0.822. The van der Waals surface area contributed by atoms with Gasteiger partial charge >= 0.3 is 5.97 Å². The summed E-state index contributed by atoms with van der Waals surface area (Å²) in [5, 5.41) is 9.56. The van der Waals surface area contributed by atoms with Crippen LogP contribution in [0.1, 0.15) is 22.7 Å². The maximum absolute atomic E-state index is 11.6. The molecule has 0 heterocycles.